The van der Waals surface area contributed by atoms with Crippen LogP contribution in [0.4, 0.5) is 0 Å². The molecule has 15 heavy (non-hydrogen) atoms. The molecule has 0 amide bonds. The zero-order chi connectivity index (χ0) is 9.97. The first kappa shape index (κ1) is 13.1. The Kier molecular flexibility index (Phi) is 5.20. The smallest absolute Gasteiger partial charge is 0.0595 e. The molecule has 1 saturated heterocycles. The Labute approximate surface area is 107 Å². The van der Waals surface area contributed by atoms with Gasteiger partial charge in [-0.25, -0.2) is 0 Å². The third kappa shape index (κ3) is 3.53. The summed E-state index contributed by atoms with van der Waals surface area (Å²) in [6.45, 7) is 3.41. The van der Waals surface area contributed by atoms with Gasteiger partial charge in [0.2, 0.25) is 0 Å². The van der Waals surface area contributed by atoms with Gasteiger partial charge in [0.1, 0.15) is 0 Å². The van der Waals surface area contributed by atoms with E-state index >= 15 is 0 Å². The number of halogens is 3. The van der Waals surface area contributed by atoms with Crippen molar-refractivity contribution in [1.29, 1.82) is 0 Å². The Bertz CT molecular complexity index is 322. The van der Waals surface area contributed by atoms with Crippen molar-refractivity contribution in [3.63, 3.8) is 0 Å². The van der Waals surface area contributed by atoms with E-state index in [2.05, 4.69) is 4.90 Å². The second-order valence-electron chi connectivity index (χ2n) is 3.73. The topological polar surface area (TPSA) is 3.24 Å². The molecule has 0 bridgehead atoms. The van der Waals surface area contributed by atoms with E-state index in [0.29, 0.717) is 10.0 Å². The normalized spacial score (nSPS) is 16.4. The predicted octanol–water partition coefficient (Wildman–Crippen LogP) is 4.01. The summed E-state index contributed by atoms with van der Waals surface area (Å²) in [5.74, 6) is 0. The van der Waals surface area contributed by atoms with E-state index in [9.17, 15) is 0 Å². The van der Waals surface area contributed by atoms with Crippen LogP contribution >= 0.6 is 35.6 Å². The van der Waals surface area contributed by atoms with Gasteiger partial charge >= 0.3 is 0 Å². The molecule has 0 unspecified atom stereocenters. The molecule has 1 aliphatic heterocycles. The fourth-order valence-electron chi connectivity index (χ4n) is 1.84. The first-order valence-electron chi connectivity index (χ1n) is 4.92. The molecule has 1 aliphatic rings. The summed E-state index contributed by atoms with van der Waals surface area (Å²) < 4.78 is 0. The summed E-state index contributed by atoms with van der Waals surface area (Å²) in [5, 5.41) is 1.29. The van der Waals surface area contributed by atoms with Crippen LogP contribution in [0.1, 0.15) is 18.4 Å². The fraction of sp³-hybridized carbons (Fsp3) is 0.455. The Morgan fingerprint density at radius 3 is 2.33 bits per heavy atom. The molecule has 1 aromatic carbocycles. The molecule has 0 N–H and O–H groups in total. The second-order valence-corrected chi connectivity index (χ2v) is 4.55. The van der Waals surface area contributed by atoms with E-state index in [4.69, 9.17) is 23.2 Å². The van der Waals surface area contributed by atoms with Crippen molar-refractivity contribution in [2.75, 3.05) is 13.1 Å². The van der Waals surface area contributed by atoms with Crippen molar-refractivity contribution in [1.82, 2.24) is 4.90 Å². The lowest BCUT2D eigenvalue weighted by molar-refractivity contribution is 0.331. The number of likely N-dealkylation sites (tertiary alicyclic amines) is 1. The lowest BCUT2D eigenvalue weighted by atomic mass is 10.2. The van der Waals surface area contributed by atoms with Crippen LogP contribution in [0.25, 0.3) is 0 Å². The van der Waals surface area contributed by atoms with E-state index in [1.165, 1.54) is 31.5 Å². The summed E-state index contributed by atoms with van der Waals surface area (Å²) in [6.07, 6.45) is 2.64. The van der Waals surface area contributed by atoms with Gasteiger partial charge < -0.3 is 0 Å². The van der Waals surface area contributed by atoms with Crippen LogP contribution in [0.2, 0.25) is 10.0 Å². The number of benzene rings is 1. The highest BCUT2D eigenvalue weighted by atomic mass is 35.5. The first-order valence-corrected chi connectivity index (χ1v) is 5.67. The zero-order valence-corrected chi connectivity index (χ0v) is 10.7. The molecule has 1 heterocycles. The summed E-state index contributed by atoms with van der Waals surface area (Å²) in [6, 6.07) is 5.88. The van der Waals surface area contributed by atoms with Crippen LogP contribution in [0.5, 0.6) is 0 Å². The lowest BCUT2D eigenvalue weighted by Gasteiger charge is -2.14. The van der Waals surface area contributed by atoms with Crippen molar-refractivity contribution in [2.24, 2.45) is 0 Å². The molecule has 1 aromatic rings. The van der Waals surface area contributed by atoms with Gasteiger partial charge in [-0.05, 0) is 43.6 Å². The fourth-order valence-corrected chi connectivity index (χ4v) is 2.16. The van der Waals surface area contributed by atoms with Crippen molar-refractivity contribution in [2.45, 2.75) is 19.4 Å². The second kappa shape index (κ2) is 5.95. The molecule has 0 aliphatic carbocycles. The van der Waals surface area contributed by atoms with Crippen molar-refractivity contribution >= 4 is 35.6 Å². The summed E-state index contributed by atoms with van der Waals surface area (Å²) >= 11 is 11.8. The molecule has 0 aromatic heterocycles. The molecule has 0 spiro atoms. The molecule has 1 nitrogen and oxygen atoms in total. The van der Waals surface area contributed by atoms with Gasteiger partial charge in [0.05, 0.1) is 10.0 Å². The predicted molar refractivity (Wildman–Crippen MR) is 68.2 cm³/mol. The van der Waals surface area contributed by atoms with E-state index < -0.39 is 0 Å². The summed E-state index contributed by atoms with van der Waals surface area (Å²) in [5.41, 5.74) is 1.25. The SMILES string of the molecule is Cl.Clc1ccc(CN2CCCC2)cc1Cl. The Morgan fingerprint density at radius 2 is 1.73 bits per heavy atom. The third-order valence-corrected chi connectivity index (χ3v) is 3.33. The summed E-state index contributed by atoms with van der Waals surface area (Å²) in [4.78, 5) is 2.44. The highest BCUT2D eigenvalue weighted by molar-refractivity contribution is 6.42. The number of rotatable bonds is 2. The highest BCUT2D eigenvalue weighted by Gasteiger charge is 2.11. The minimum Gasteiger partial charge on any atom is -0.299 e. The molecular formula is C11H14Cl3N. The minimum absolute atomic E-state index is 0. The molecule has 2 rings (SSSR count). The van der Waals surface area contributed by atoms with Crippen molar-refractivity contribution in [3.8, 4) is 0 Å². The van der Waals surface area contributed by atoms with Gasteiger partial charge in [-0.15, -0.1) is 12.4 Å². The van der Waals surface area contributed by atoms with Crippen LogP contribution in [0, 0.1) is 0 Å². The van der Waals surface area contributed by atoms with Gasteiger partial charge in [-0.1, -0.05) is 29.3 Å². The Balaban J connectivity index is 0.00000112. The minimum atomic E-state index is 0. The number of hydrogen-bond acceptors (Lipinski definition) is 1. The van der Waals surface area contributed by atoms with Crippen LogP contribution < -0.4 is 0 Å². The Morgan fingerprint density at radius 1 is 1.07 bits per heavy atom. The van der Waals surface area contributed by atoms with Crippen LogP contribution in [0.15, 0.2) is 18.2 Å². The van der Waals surface area contributed by atoms with Crippen molar-refractivity contribution < 1.29 is 0 Å². The largest absolute Gasteiger partial charge is 0.299 e. The highest BCUT2D eigenvalue weighted by Crippen LogP contribution is 2.23. The number of hydrogen-bond donors (Lipinski definition) is 0. The lowest BCUT2D eigenvalue weighted by Crippen LogP contribution is -2.18. The van der Waals surface area contributed by atoms with Crippen LogP contribution in [-0.4, -0.2) is 18.0 Å². The van der Waals surface area contributed by atoms with Crippen LogP contribution in [0.3, 0.4) is 0 Å². The maximum absolute atomic E-state index is 5.95. The molecule has 0 atom stereocenters. The van der Waals surface area contributed by atoms with E-state index in [0.717, 1.165) is 6.54 Å². The molecular weight excluding hydrogens is 252 g/mol. The summed E-state index contributed by atoms with van der Waals surface area (Å²) in [7, 11) is 0. The van der Waals surface area contributed by atoms with Crippen LogP contribution in [-0.2, 0) is 6.54 Å². The average Bonchev–Trinajstić information content (AvgIpc) is 2.64. The maximum atomic E-state index is 5.95. The quantitative estimate of drug-likeness (QED) is 0.782. The van der Waals surface area contributed by atoms with Gasteiger partial charge in [0, 0.05) is 6.54 Å². The average molecular weight is 267 g/mol. The number of nitrogens with zero attached hydrogens (tertiary/aromatic N) is 1. The molecule has 4 heteroatoms. The van der Waals surface area contributed by atoms with E-state index in [1.54, 1.807) is 0 Å². The Hall–Kier alpha value is 0.0500. The molecule has 0 radical (unpaired) electrons. The van der Waals surface area contributed by atoms with Crippen molar-refractivity contribution in [3.05, 3.63) is 33.8 Å². The van der Waals surface area contributed by atoms with Gasteiger partial charge in [0.15, 0.2) is 0 Å². The standard InChI is InChI=1S/C11H13Cl2N.ClH/c12-10-4-3-9(7-11(10)13)8-14-5-1-2-6-14;/h3-4,7H,1-2,5-6,8H2;1H. The third-order valence-electron chi connectivity index (χ3n) is 2.59. The van der Waals surface area contributed by atoms with Gasteiger partial charge in [-0.2, -0.15) is 0 Å². The van der Waals surface area contributed by atoms with Gasteiger partial charge in [0.25, 0.3) is 0 Å². The molecule has 84 valence electrons. The maximum Gasteiger partial charge on any atom is 0.0595 e. The first-order chi connectivity index (χ1) is 6.75. The van der Waals surface area contributed by atoms with Gasteiger partial charge in [-0.3, -0.25) is 4.90 Å². The van der Waals surface area contributed by atoms with E-state index in [1.807, 2.05) is 18.2 Å². The molecule has 1 fully saturated rings. The zero-order valence-electron chi connectivity index (χ0n) is 8.38. The monoisotopic (exact) mass is 265 g/mol. The van der Waals surface area contributed by atoms with E-state index in [-0.39, 0.29) is 12.4 Å². The molecule has 0 saturated carbocycles.